The number of aromatic nitrogens is 3. The number of nitrogens with zero attached hydrogens (tertiary/aromatic N) is 3. The number of hydrogen-bond acceptors (Lipinski definition) is 7. The molecule has 5 N–H and O–H groups in total. The number of ketones is 1. The van der Waals surface area contributed by atoms with Gasteiger partial charge in [-0.15, -0.1) is 0 Å². The van der Waals surface area contributed by atoms with Gasteiger partial charge in [-0.3, -0.25) is 19.0 Å². The van der Waals surface area contributed by atoms with Crippen LogP contribution >= 0.6 is 0 Å². The highest BCUT2D eigenvalue weighted by Crippen LogP contribution is 2.36. The first-order chi connectivity index (χ1) is 17.2. The molecule has 2 aromatic carbocycles. The van der Waals surface area contributed by atoms with E-state index in [4.69, 9.17) is 11.5 Å². The number of Topliss-reactive ketones (excluding diaryl/α,β-unsaturated/α-hetero) is 1. The minimum Gasteiger partial charge on any atom is -0.397 e. The fraction of sp³-hybridized carbons (Fsp3) is 0.0741. The van der Waals surface area contributed by atoms with E-state index in [2.05, 4.69) is 9.97 Å². The summed E-state index contributed by atoms with van der Waals surface area (Å²) in [6.45, 7) is 3.22. The highest BCUT2D eigenvalue weighted by atomic mass is 16.1. The molecular formula is C27H20N6O3. The van der Waals surface area contributed by atoms with Crippen molar-refractivity contribution >= 4 is 39.2 Å². The lowest BCUT2D eigenvalue weighted by atomic mass is 9.93. The molecule has 0 saturated carbocycles. The number of aryl methyl sites for hydroxylation is 1. The van der Waals surface area contributed by atoms with Crippen LogP contribution < -0.4 is 22.6 Å². The minimum absolute atomic E-state index is 0.0472. The fourth-order valence-electron chi connectivity index (χ4n) is 4.51. The number of H-pyrrole nitrogens is 1. The summed E-state index contributed by atoms with van der Waals surface area (Å²) in [7, 11) is 0. The van der Waals surface area contributed by atoms with Gasteiger partial charge >= 0.3 is 0 Å². The summed E-state index contributed by atoms with van der Waals surface area (Å²) in [5.74, 6) is -0.624. The van der Waals surface area contributed by atoms with Crippen molar-refractivity contribution < 1.29 is 4.79 Å². The lowest BCUT2D eigenvalue weighted by Gasteiger charge is -2.19. The molecule has 9 nitrogen and oxygen atoms in total. The predicted octanol–water partition coefficient (Wildman–Crippen LogP) is 3.44. The van der Waals surface area contributed by atoms with E-state index < -0.39 is 16.9 Å². The number of aromatic amines is 1. The van der Waals surface area contributed by atoms with Gasteiger partial charge in [0.15, 0.2) is 5.78 Å². The third kappa shape index (κ3) is 3.24. The van der Waals surface area contributed by atoms with Crippen LogP contribution in [0, 0.1) is 18.3 Å². The lowest BCUT2D eigenvalue weighted by molar-refractivity contribution is 0.101. The number of nitriles is 1. The first kappa shape index (κ1) is 22.6. The number of anilines is 2. The standard InChI is InChI=1S/C27H20N6O3/c1-13-8-10-16(11-9-13)33-25-20(19(15-6-4-3-5-7-15)18(14(2)34)27(33)36)23-21(26(35)32-25)22(29)17(12-28)24(30)31-23/h3-11H,1-2H3,(H,32,35)(H4,29,30,31). The van der Waals surface area contributed by atoms with Crippen LogP contribution in [0.2, 0.25) is 0 Å². The van der Waals surface area contributed by atoms with Crippen LogP contribution in [0.25, 0.3) is 38.8 Å². The van der Waals surface area contributed by atoms with Crippen molar-refractivity contribution in [3.8, 4) is 22.9 Å². The topological polar surface area (TPSA) is 161 Å². The van der Waals surface area contributed by atoms with E-state index in [-0.39, 0.29) is 39.2 Å². The molecule has 0 aliphatic heterocycles. The van der Waals surface area contributed by atoms with Gasteiger partial charge in [-0.2, -0.15) is 5.26 Å². The van der Waals surface area contributed by atoms with E-state index in [1.807, 2.05) is 25.1 Å². The molecule has 0 bridgehead atoms. The zero-order valence-corrected chi connectivity index (χ0v) is 19.4. The van der Waals surface area contributed by atoms with E-state index in [1.54, 1.807) is 42.5 Å². The highest BCUT2D eigenvalue weighted by Gasteiger charge is 2.27. The number of pyridine rings is 3. The SMILES string of the molecule is CC(=O)c1c(-c2ccccc2)c2c3nc(N)c(C#N)c(N)c3c(=O)[nH]c2n(-c2ccc(C)cc2)c1=O. The fourth-order valence-corrected chi connectivity index (χ4v) is 4.51. The van der Waals surface area contributed by atoms with E-state index >= 15 is 0 Å². The second kappa shape index (κ2) is 8.21. The molecule has 5 aromatic rings. The van der Waals surface area contributed by atoms with E-state index in [0.717, 1.165) is 5.56 Å². The number of carbonyl (C=O) groups is 1. The Bertz CT molecular complexity index is 1880. The molecule has 176 valence electrons. The Morgan fingerprint density at radius 3 is 2.31 bits per heavy atom. The summed E-state index contributed by atoms with van der Waals surface area (Å²) in [5, 5.41) is 9.77. The smallest absolute Gasteiger partial charge is 0.268 e. The number of nitrogens with one attached hydrogen (secondary N) is 1. The number of rotatable bonds is 3. The summed E-state index contributed by atoms with van der Waals surface area (Å²) >= 11 is 0. The number of fused-ring (bicyclic) bond motifs is 3. The maximum absolute atomic E-state index is 13.9. The number of carbonyl (C=O) groups excluding carboxylic acids is 1. The molecule has 0 atom stereocenters. The number of benzene rings is 2. The molecular weight excluding hydrogens is 456 g/mol. The van der Waals surface area contributed by atoms with E-state index in [0.29, 0.717) is 22.2 Å². The van der Waals surface area contributed by atoms with Gasteiger partial charge in [0.2, 0.25) is 0 Å². The Morgan fingerprint density at radius 1 is 1.03 bits per heavy atom. The summed E-state index contributed by atoms with van der Waals surface area (Å²) in [5.41, 5.74) is 13.2. The third-order valence-electron chi connectivity index (χ3n) is 6.16. The molecule has 0 fully saturated rings. The molecule has 0 unspecified atom stereocenters. The third-order valence-corrected chi connectivity index (χ3v) is 6.16. The molecule has 0 aliphatic rings. The zero-order chi connectivity index (χ0) is 25.7. The normalized spacial score (nSPS) is 11.0. The first-order valence-corrected chi connectivity index (χ1v) is 11.0. The van der Waals surface area contributed by atoms with Crippen molar-refractivity contribution in [3.63, 3.8) is 0 Å². The van der Waals surface area contributed by atoms with Gasteiger partial charge in [0, 0.05) is 5.56 Å². The van der Waals surface area contributed by atoms with Crippen LogP contribution in [0.1, 0.15) is 28.4 Å². The van der Waals surface area contributed by atoms with Crippen LogP contribution in [0.4, 0.5) is 11.5 Å². The molecule has 0 aliphatic carbocycles. The van der Waals surface area contributed by atoms with Gasteiger partial charge in [-0.1, -0.05) is 48.0 Å². The predicted molar refractivity (Wildman–Crippen MR) is 139 cm³/mol. The van der Waals surface area contributed by atoms with Crippen molar-refractivity contribution in [2.24, 2.45) is 0 Å². The molecule has 0 spiro atoms. The monoisotopic (exact) mass is 476 g/mol. The Kier molecular flexibility index (Phi) is 5.15. The largest absolute Gasteiger partial charge is 0.397 e. The van der Waals surface area contributed by atoms with Gasteiger partial charge in [0.25, 0.3) is 11.1 Å². The van der Waals surface area contributed by atoms with Crippen molar-refractivity contribution in [1.29, 1.82) is 5.26 Å². The van der Waals surface area contributed by atoms with Crippen LogP contribution in [0.3, 0.4) is 0 Å². The van der Waals surface area contributed by atoms with Gasteiger partial charge < -0.3 is 16.5 Å². The quantitative estimate of drug-likeness (QED) is 0.265. The molecule has 3 heterocycles. The Labute approximate surface area is 204 Å². The maximum Gasteiger partial charge on any atom is 0.268 e. The summed E-state index contributed by atoms with van der Waals surface area (Å²) in [6.07, 6.45) is 0. The minimum atomic E-state index is -0.645. The van der Waals surface area contributed by atoms with Crippen molar-refractivity contribution in [2.45, 2.75) is 13.8 Å². The van der Waals surface area contributed by atoms with Gasteiger partial charge in [-0.25, -0.2) is 4.98 Å². The van der Waals surface area contributed by atoms with Gasteiger partial charge in [0.05, 0.1) is 33.2 Å². The van der Waals surface area contributed by atoms with E-state index in [9.17, 15) is 19.6 Å². The summed E-state index contributed by atoms with van der Waals surface area (Å²) < 4.78 is 1.28. The highest BCUT2D eigenvalue weighted by molar-refractivity contribution is 6.18. The second-order valence-corrected chi connectivity index (χ2v) is 8.45. The van der Waals surface area contributed by atoms with Crippen molar-refractivity contribution in [3.05, 3.63) is 92.0 Å². The molecule has 0 radical (unpaired) electrons. The second-order valence-electron chi connectivity index (χ2n) is 8.45. The molecule has 36 heavy (non-hydrogen) atoms. The molecule has 0 amide bonds. The average Bonchev–Trinajstić information content (AvgIpc) is 2.84. The average molecular weight is 476 g/mol. The molecule has 5 rings (SSSR count). The lowest BCUT2D eigenvalue weighted by Crippen LogP contribution is -2.28. The van der Waals surface area contributed by atoms with Crippen molar-refractivity contribution in [1.82, 2.24) is 14.5 Å². The summed E-state index contributed by atoms with van der Waals surface area (Å²) in [4.78, 5) is 47.3. The van der Waals surface area contributed by atoms with E-state index in [1.165, 1.54) is 11.5 Å². The Hall–Kier alpha value is -5.23. The number of nitrogen functional groups attached to an aromatic ring is 2. The maximum atomic E-state index is 13.9. The van der Waals surface area contributed by atoms with Crippen LogP contribution in [0.15, 0.2) is 64.2 Å². The molecule has 9 heteroatoms. The molecule has 3 aromatic heterocycles. The Morgan fingerprint density at radius 2 is 1.69 bits per heavy atom. The van der Waals surface area contributed by atoms with Crippen LogP contribution in [-0.2, 0) is 0 Å². The van der Waals surface area contributed by atoms with Crippen LogP contribution in [-0.4, -0.2) is 20.3 Å². The zero-order valence-electron chi connectivity index (χ0n) is 19.4. The van der Waals surface area contributed by atoms with Crippen molar-refractivity contribution in [2.75, 3.05) is 11.5 Å². The van der Waals surface area contributed by atoms with Crippen LogP contribution in [0.5, 0.6) is 0 Å². The number of hydrogen-bond donors (Lipinski definition) is 3. The number of nitrogens with two attached hydrogens (primary N) is 2. The first-order valence-electron chi connectivity index (χ1n) is 11.0. The summed E-state index contributed by atoms with van der Waals surface area (Å²) in [6, 6.07) is 17.8. The van der Waals surface area contributed by atoms with Gasteiger partial charge in [-0.05, 0) is 31.5 Å². The van der Waals surface area contributed by atoms with Gasteiger partial charge in [0.1, 0.15) is 23.1 Å². The Balaban J connectivity index is 2.17. The molecule has 0 saturated heterocycles.